The van der Waals surface area contributed by atoms with E-state index in [1.54, 1.807) is 0 Å². The first-order chi connectivity index (χ1) is 7.61. The van der Waals surface area contributed by atoms with Crippen LogP contribution in [0.4, 0.5) is 0 Å². The average Bonchev–Trinajstić information content (AvgIpc) is 2.57. The fourth-order valence-corrected chi connectivity index (χ4v) is 2.32. The number of hydrogen-bond acceptors (Lipinski definition) is 1. The first-order valence-corrected chi connectivity index (χ1v) is 5.91. The highest BCUT2D eigenvalue weighted by Crippen LogP contribution is 2.26. The van der Waals surface area contributed by atoms with Crippen molar-refractivity contribution in [3.05, 3.63) is 35.5 Å². The predicted octanol–water partition coefficient (Wildman–Crippen LogP) is 3.17. The Balaban J connectivity index is 2.44. The van der Waals surface area contributed by atoms with E-state index in [-0.39, 0.29) is 0 Å². The molecule has 0 saturated heterocycles. The lowest BCUT2D eigenvalue weighted by Gasteiger charge is -2.19. The number of nitrogens with one attached hydrogen (secondary N) is 1. The Kier molecular flexibility index (Phi) is 3.01. The summed E-state index contributed by atoms with van der Waals surface area (Å²) in [5.41, 5.74) is 9.62. The van der Waals surface area contributed by atoms with Gasteiger partial charge in [0.05, 0.1) is 0 Å². The van der Waals surface area contributed by atoms with Crippen molar-refractivity contribution in [2.24, 2.45) is 11.7 Å². The fourth-order valence-electron chi connectivity index (χ4n) is 2.32. The molecule has 86 valence electrons. The molecule has 2 nitrogen and oxygen atoms in total. The number of aryl methyl sites for hydroxylation is 1. The van der Waals surface area contributed by atoms with Gasteiger partial charge in [-0.3, -0.25) is 0 Å². The summed E-state index contributed by atoms with van der Waals surface area (Å²) >= 11 is 0. The first kappa shape index (κ1) is 11.2. The Hall–Kier alpha value is -1.28. The van der Waals surface area contributed by atoms with Crippen molar-refractivity contribution in [2.45, 2.75) is 26.7 Å². The number of benzene rings is 1. The third kappa shape index (κ3) is 1.98. The van der Waals surface area contributed by atoms with Crippen LogP contribution in [0.5, 0.6) is 0 Å². The molecule has 1 unspecified atom stereocenters. The standard InChI is InChI=1S/C14H20N2/c1-9(2)13(8-15)11-4-5-14-12(7-11)6-10(3)16-14/h4-7,9,13,16H,8,15H2,1-3H3. The molecule has 16 heavy (non-hydrogen) atoms. The van der Waals surface area contributed by atoms with Gasteiger partial charge in [0.15, 0.2) is 0 Å². The highest BCUT2D eigenvalue weighted by atomic mass is 14.7. The van der Waals surface area contributed by atoms with Gasteiger partial charge in [0, 0.05) is 11.2 Å². The van der Waals surface area contributed by atoms with Crippen LogP contribution in [-0.2, 0) is 0 Å². The summed E-state index contributed by atoms with van der Waals surface area (Å²) in [4.78, 5) is 3.34. The number of hydrogen-bond donors (Lipinski definition) is 2. The van der Waals surface area contributed by atoms with Gasteiger partial charge in [-0.05, 0) is 54.5 Å². The van der Waals surface area contributed by atoms with Crippen molar-refractivity contribution in [2.75, 3.05) is 6.54 Å². The Morgan fingerprint density at radius 3 is 2.62 bits per heavy atom. The summed E-state index contributed by atoms with van der Waals surface area (Å²) < 4.78 is 0. The van der Waals surface area contributed by atoms with Crippen LogP contribution in [0.3, 0.4) is 0 Å². The van der Waals surface area contributed by atoms with Crippen LogP contribution in [0.25, 0.3) is 10.9 Å². The van der Waals surface area contributed by atoms with Gasteiger partial charge in [-0.15, -0.1) is 0 Å². The van der Waals surface area contributed by atoms with Gasteiger partial charge < -0.3 is 10.7 Å². The van der Waals surface area contributed by atoms with E-state index in [0.717, 1.165) is 0 Å². The SMILES string of the molecule is Cc1cc2cc(C(CN)C(C)C)ccc2[nH]1. The molecule has 0 aliphatic heterocycles. The van der Waals surface area contributed by atoms with E-state index in [9.17, 15) is 0 Å². The second kappa shape index (κ2) is 4.30. The molecule has 1 aromatic heterocycles. The zero-order valence-electron chi connectivity index (χ0n) is 10.2. The Morgan fingerprint density at radius 1 is 1.25 bits per heavy atom. The second-order valence-corrected chi connectivity index (χ2v) is 4.89. The highest BCUT2D eigenvalue weighted by molar-refractivity contribution is 5.81. The van der Waals surface area contributed by atoms with E-state index in [2.05, 4.69) is 50.0 Å². The maximum Gasteiger partial charge on any atom is 0.0456 e. The first-order valence-electron chi connectivity index (χ1n) is 5.91. The lowest BCUT2D eigenvalue weighted by Crippen LogP contribution is -2.17. The zero-order valence-corrected chi connectivity index (χ0v) is 10.2. The zero-order chi connectivity index (χ0) is 11.7. The molecule has 0 aliphatic rings. The molecule has 0 bridgehead atoms. The van der Waals surface area contributed by atoms with Gasteiger partial charge in [-0.2, -0.15) is 0 Å². The van der Waals surface area contributed by atoms with Crippen molar-refractivity contribution in [3.8, 4) is 0 Å². The van der Waals surface area contributed by atoms with Gasteiger partial charge in [0.25, 0.3) is 0 Å². The number of fused-ring (bicyclic) bond motifs is 1. The molecule has 0 radical (unpaired) electrons. The van der Waals surface area contributed by atoms with Crippen LogP contribution >= 0.6 is 0 Å². The number of nitrogens with two attached hydrogens (primary N) is 1. The lowest BCUT2D eigenvalue weighted by molar-refractivity contribution is 0.507. The monoisotopic (exact) mass is 216 g/mol. The molecule has 2 aromatic rings. The van der Waals surface area contributed by atoms with Crippen LogP contribution in [-0.4, -0.2) is 11.5 Å². The molecule has 0 saturated carbocycles. The quantitative estimate of drug-likeness (QED) is 0.813. The van der Waals surface area contributed by atoms with Crippen LogP contribution < -0.4 is 5.73 Å². The third-order valence-corrected chi connectivity index (χ3v) is 3.27. The van der Waals surface area contributed by atoms with Gasteiger partial charge in [0.2, 0.25) is 0 Å². The molecule has 2 heteroatoms. The number of aromatic amines is 1. The fraction of sp³-hybridized carbons (Fsp3) is 0.429. The summed E-state index contributed by atoms with van der Waals surface area (Å²) in [5, 5.41) is 1.29. The maximum atomic E-state index is 5.85. The van der Waals surface area contributed by atoms with Gasteiger partial charge in [-0.1, -0.05) is 19.9 Å². The van der Waals surface area contributed by atoms with Crippen molar-refractivity contribution in [3.63, 3.8) is 0 Å². The van der Waals surface area contributed by atoms with Crippen LogP contribution in [0, 0.1) is 12.8 Å². The molecule has 0 aliphatic carbocycles. The highest BCUT2D eigenvalue weighted by Gasteiger charge is 2.14. The van der Waals surface area contributed by atoms with Gasteiger partial charge in [-0.25, -0.2) is 0 Å². The molecular formula is C14H20N2. The minimum Gasteiger partial charge on any atom is -0.359 e. The summed E-state index contributed by atoms with van der Waals surface area (Å²) in [7, 11) is 0. The molecule has 1 heterocycles. The molecule has 0 spiro atoms. The topological polar surface area (TPSA) is 41.8 Å². The smallest absolute Gasteiger partial charge is 0.0456 e. The van der Waals surface area contributed by atoms with Crippen LogP contribution in [0.1, 0.15) is 31.0 Å². The molecule has 3 N–H and O–H groups in total. The average molecular weight is 216 g/mol. The second-order valence-electron chi connectivity index (χ2n) is 4.89. The molecule has 1 atom stereocenters. The van der Waals surface area contributed by atoms with Crippen molar-refractivity contribution in [1.29, 1.82) is 0 Å². The molecule has 2 rings (SSSR count). The van der Waals surface area contributed by atoms with Crippen molar-refractivity contribution < 1.29 is 0 Å². The number of H-pyrrole nitrogens is 1. The summed E-state index contributed by atoms with van der Waals surface area (Å²) in [6.45, 7) is 7.25. The number of rotatable bonds is 3. The van der Waals surface area contributed by atoms with E-state index in [1.165, 1.54) is 22.2 Å². The lowest BCUT2D eigenvalue weighted by atomic mass is 9.88. The predicted molar refractivity (Wildman–Crippen MR) is 69.7 cm³/mol. The number of aromatic nitrogens is 1. The Labute approximate surface area is 96.9 Å². The molecule has 1 aromatic carbocycles. The summed E-state index contributed by atoms with van der Waals surface area (Å²) in [5.74, 6) is 1.04. The minimum absolute atomic E-state index is 0.458. The Morgan fingerprint density at radius 2 is 2.00 bits per heavy atom. The minimum atomic E-state index is 0.458. The van der Waals surface area contributed by atoms with E-state index < -0.39 is 0 Å². The summed E-state index contributed by atoms with van der Waals surface area (Å²) in [6, 6.07) is 8.79. The maximum absolute atomic E-state index is 5.85. The van der Waals surface area contributed by atoms with E-state index in [0.29, 0.717) is 18.4 Å². The van der Waals surface area contributed by atoms with E-state index in [4.69, 9.17) is 5.73 Å². The third-order valence-electron chi connectivity index (χ3n) is 3.27. The van der Waals surface area contributed by atoms with Crippen LogP contribution in [0.2, 0.25) is 0 Å². The largest absolute Gasteiger partial charge is 0.359 e. The van der Waals surface area contributed by atoms with Crippen molar-refractivity contribution in [1.82, 2.24) is 4.98 Å². The molecule has 0 fully saturated rings. The summed E-state index contributed by atoms with van der Waals surface area (Å²) in [6.07, 6.45) is 0. The van der Waals surface area contributed by atoms with E-state index >= 15 is 0 Å². The normalized spacial score (nSPS) is 13.6. The van der Waals surface area contributed by atoms with Gasteiger partial charge in [0.1, 0.15) is 0 Å². The van der Waals surface area contributed by atoms with Gasteiger partial charge >= 0.3 is 0 Å². The van der Waals surface area contributed by atoms with Crippen molar-refractivity contribution >= 4 is 10.9 Å². The van der Waals surface area contributed by atoms with Crippen LogP contribution in [0.15, 0.2) is 24.3 Å². The molecule has 0 amide bonds. The Bertz CT molecular complexity index is 482. The molecular weight excluding hydrogens is 196 g/mol. The van der Waals surface area contributed by atoms with E-state index in [1.807, 2.05) is 0 Å².